The van der Waals surface area contributed by atoms with E-state index < -0.39 is 23.6 Å². The SMILES string of the molecule is CC(C)Oc1cccc(C(=O)Nc2cccc(C(=O)Nc3cccc(C(F)(F)F)c3)c2)c1. The first kappa shape index (κ1) is 22.9. The van der Waals surface area contributed by atoms with Gasteiger partial charge in [0.25, 0.3) is 11.8 Å². The number of amides is 2. The molecule has 2 amide bonds. The molecule has 5 nitrogen and oxygen atoms in total. The average Bonchev–Trinajstić information content (AvgIpc) is 2.73. The number of ether oxygens (including phenoxy) is 1. The van der Waals surface area contributed by atoms with Crippen LogP contribution in [0.4, 0.5) is 24.5 Å². The van der Waals surface area contributed by atoms with E-state index in [4.69, 9.17) is 4.74 Å². The quantitative estimate of drug-likeness (QED) is 0.492. The molecule has 0 unspecified atom stereocenters. The number of hydrogen-bond acceptors (Lipinski definition) is 3. The van der Waals surface area contributed by atoms with Crippen LogP contribution < -0.4 is 15.4 Å². The summed E-state index contributed by atoms with van der Waals surface area (Å²) in [4.78, 5) is 25.1. The van der Waals surface area contributed by atoms with Crippen molar-refractivity contribution in [3.05, 3.63) is 89.5 Å². The Morgan fingerprint density at radius 2 is 1.31 bits per heavy atom. The zero-order chi connectivity index (χ0) is 23.3. The molecule has 3 aromatic carbocycles. The molecule has 0 fully saturated rings. The van der Waals surface area contributed by atoms with Crippen LogP contribution in [0.25, 0.3) is 0 Å². The van der Waals surface area contributed by atoms with E-state index >= 15 is 0 Å². The fraction of sp³-hybridized carbons (Fsp3) is 0.167. The Morgan fingerprint density at radius 3 is 1.91 bits per heavy atom. The first-order chi connectivity index (χ1) is 15.1. The third-order valence-corrected chi connectivity index (χ3v) is 4.30. The molecule has 0 bridgehead atoms. The van der Waals surface area contributed by atoms with Crippen molar-refractivity contribution in [2.45, 2.75) is 26.1 Å². The summed E-state index contributed by atoms with van der Waals surface area (Å²) in [6, 6.07) is 17.2. The maximum absolute atomic E-state index is 12.9. The molecule has 0 saturated carbocycles. The lowest BCUT2D eigenvalue weighted by Gasteiger charge is -2.12. The highest BCUT2D eigenvalue weighted by Crippen LogP contribution is 2.30. The first-order valence-corrected chi connectivity index (χ1v) is 9.78. The highest BCUT2D eigenvalue weighted by Gasteiger charge is 2.30. The molecule has 32 heavy (non-hydrogen) atoms. The molecule has 0 aliphatic heterocycles. The monoisotopic (exact) mass is 442 g/mol. The Hall–Kier alpha value is -3.81. The third kappa shape index (κ3) is 6.10. The number of benzene rings is 3. The molecule has 0 aliphatic carbocycles. The molecule has 166 valence electrons. The average molecular weight is 442 g/mol. The minimum Gasteiger partial charge on any atom is -0.491 e. The summed E-state index contributed by atoms with van der Waals surface area (Å²) in [6.07, 6.45) is -4.55. The maximum Gasteiger partial charge on any atom is 0.416 e. The van der Waals surface area contributed by atoms with Crippen molar-refractivity contribution in [1.82, 2.24) is 0 Å². The maximum atomic E-state index is 12.9. The Balaban J connectivity index is 1.71. The summed E-state index contributed by atoms with van der Waals surface area (Å²) in [5.41, 5.74) is 0.0715. The number of hydrogen-bond donors (Lipinski definition) is 2. The molecule has 0 atom stereocenters. The topological polar surface area (TPSA) is 67.4 Å². The summed E-state index contributed by atoms with van der Waals surface area (Å²) in [7, 11) is 0. The van der Waals surface area contributed by atoms with E-state index in [9.17, 15) is 22.8 Å². The van der Waals surface area contributed by atoms with Crippen LogP contribution in [0.15, 0.2) is 72.8 Å². The largest absolute Gasteiger partial charge is 0.491 e. The van der Waals surface area contributed by atoms with Gasteiger partial charge in [-0.15, -0.1) is 0 Å². The molecule has 0 aliphatic rings. The standard InChI is InChI=1S/C24H21F3N2O3/c1-15(2)32-21-11-4-7-17(13-21)23(31)28-19-9-3-6-16(12-19)22(30)29-20-10-5-8-18(14-20)24(25,26)27/h3-15H,1-2H3,(H,28,31)(H,29,30). The van der Waals surface area contributed by atoms with Gasteiger partial charge in [-0.2, -0.15) is 13.2 Å². The second-order valence-electron chi connectivity index (χ2n) is 7.26. The van der Waals surface area contributed by atoms with Crippen molar-refractivity contribution in [2.75, 3.05) is 10.6 Å². The van der Waals surface area contributed by atoms with Crippen LogP contribution in [0.1, 0.15) is 40.1 Å². The van der Waals surface area contributed by atoms with Crippen molar-refractivity contribution < 1.29 is 27.5 Å². The van der Waals surface area contributed by atoms with E-state index in [1.807, 2.05) is 13.8 Å². The van der Waals surface area contributed by atoms with Gasteiger partial charge in [-0.1, -0.05) is 18.2 Å². The zero-order valence-electron chi connectivity index (χ0n) is 17.4. The normalized spacial score (nSPS) is 11.2. The number of nitrogens with one attached hydrogen (secondary N) is 2. The number of halogens is 3. The number of alkyl halides is 3. The summed E-state index contributed by atoms with van der Waals surface area (Å²) in [6.45, 7) is 3.76. The number of anilines is 2. The highest BCUT2D eigenvalue weighted by atomic mass is 19.4. The van der Waals surface area contributed by atoms with Gasteiger partial charge in [0.2, 0.25) is 0 Å². The third-order valence-electron chi connectivity index (χ3n) is 4.30. The van der Waals surface area contributed by atoms with E-state index in [1.165, 1.54) is 24.3 Å². The van der Waals surface area contributed by atoms with Gasteiger partial charge < -0.3 is 15.4 Å². The van der Waals surface area contributed by atoms with E-state index in [0.717, 1.165) is 12.1 Å². The Labute approximate surface area is 183 Å². The van der Waals surface area contributed by atoms with Crippen LogP contribution in [0.5, 0.6) is 5.75 Å². The molecular weight excluding hydrogens is 421 g/mol. The zero-order valence-corrected chi connectivity index (χ0v) is 17.4. The van der Waals surface area contributed by atoms with Crippen molar-refractivity contribution in [3.8, 4) is 5.75 Å². The van der Waals surface area contributed by atoms with E-state index in [-0.39, 0.29) is 17.4 Å². The van der Waals surface area contributed by atoms with Crippen LogP contribution in [-0.4, -0.2) is 17.9 Å². The molecule has 0 radical (unpaired) electrons. The summed E-state index contributed by atoms with van der Waals surface area (Å²) >= 11 is 0. The van der Waals surface area contributed by atoms with E-state index in [1.54, 1.807) is 36.4 Å². The van der Waals surface area contributed by atoms with Crippen LogP contribution in [-0.2, 0) is 6.18 Å². The lowest BCUT2D eigenvalue weighted by molar-refractivity contribution is -0.137. The van der Waals surface area contributed by atoms with E-state index in [0.29, 0.717) is 17.0 Å². The second-order valence-corrected chi connectivity index (χ2v) is 7.26. The fourth-order valence-electron chi connectivity index (χ4n) is 2.90. The molecule has 0 heterocycles. The van der Waals surface area contributed by atoms with Crippen molar-refractivity contribution >= 4 is 23.2 Å². The molecule has 3 aromatic rings. The number of rotatable bonds is 6. The summed E-state index contributed by atoms with van der Waals surface area (Å²) in [5.74, 6) is -0.440. The number of carbonyl (C=O) groups excluding carboxylic acids is 2. The first-order valence-electron chi connectivity index (χ1n) is 9.78. The lowest BCUT2D eigenvalue weighted by Crippen LogP contribution is -2.15. The van der Waals surface area contributed by atoms with E-state index in [2.05, 4.69) is 10.6 Å². The van der Waals surface area contributed by atoms with Crippen LogP contribution >= 0.6 is 0 Å². The van der Waals surface area contributed by atoms with Crippen molar-refractivity contribution in [2.24, 2.45) is 0 Å². The van der Waals surface area contributed by atoms with Gasteiger partial charge in [0.1, 0.15) is 5.75 Å². The Kier molecular flexibility index (Phi) is 6.82. The van der Waals surface area contributed by atoms with Crippen molar-refractivity contribution in [1.29, 1.82) is 0 Å². The van der Waals surface area contributed by atoms with Gasteiger partial charge in [-0.3, -0.25) is 9.59 Å². The van der Waals surface area contributed by atoms with Gasteiger partial charge >= 0.3 is 6.18 Å². The number of carbonyl (C=O) groups is 2. The van der Waals surface area contributed by atoms with Crippen LogP contribution in [0.2, 0.25) is 0 Å². The fourth-order valence-corrected chi connectivity index (χ4v) is 2.90. The minimum absolute atomic E-state index is 0.0150. The van der Waals surface area contributed by atoms with Crippen LogP contribution in [0.3, 0.4) is 0 Å². The van der Waals surface area contributed by atoms with Gasteiger partial charge in [0, 0.05) is 22.5 Å². The second kappa shape index (κ2) is 9.55. The van der Waals surface area contributed by atoms with Gasteiger partial charge in [-0.25, -0.2) is 0 Å². The molecule has 3 rings (SSSR count). The predicted octanol–water partition coefficient (Wildman–Crippen LogP) is 6.00. The van der Waals surface area contributed by atoms with Crippen LogP contribution in [0, 0.1) is 0 Å². The summed E-state index contributed by atoms with van der Waals surface area (Å²) in [5, 5.41) is 5.14. The molecular formula is C24H21F3N2O3. The molecule has 0 spiro atoms. The minimum atomic E-state index is -4.51. The lowest BCUT2D eigenvalue weighted by atomic mass is 10.1. The van der Waals surface area contributed by atoms with Gasteiger partial charge in [0.15, 0.2) is 0 Å². The van der Waals surface area contributed by atoms with Crippen molar-refractivity contribution in [3.63, 3.8) is 0 Å². The highest BCUT2D eigenvalue weighted by molar-refractivity contribution is 6.07. The Bertz CT molecular complexity index is 1130. The Morgan fingerprint density at radius 1 is 0.781 bits per heavy atom. The predicted molar refractivity (Wildman–Crippen MR) is 116 cm³/mol. The van der Waals surface area contributed by atoms with Gasteiger partial charge in [0.05, 0.1) is 11.7 Å². The van der Waals surface area contributed by atoms with Gasteiger partial charge in [-0.05, 0) is 68.4 Å². The summed E-state index contributed by atoms with van der Waals surface area (Å²) < 4.78 is 44.2. The molecule has 2 N–H and O–H groups in total. The smallest absolute Gasteiger partial charge is 0.416 e. The molecule has 0 saturated heterocycles. The molecule has 0 aromatic heterocycles. The molecule has 8 heteroatoms.